The molecule has 1 aliphatic carbocycles. The van der Waals surface area contributed by atoms with Gasteiger partial charge in [-0.1, -0.05) is 43.3 Å². The Morgan fingerprint density at radius 3 is 2.81 bits per heavy atom. The zero-order chi connectivity index (χ0) is 21.4. The predicted molar refractivity (Wildman–Crippen MR) is 120 cm³/mol. The maximum Gasteiger partial charge on any atom is 0.253 e. The summed E-state index contributed by atoms with van der Waals surface area (Å²) in [5.74, 6) is 1.27. The van der Waals surface area contributed by atoms with Crippen LogP contribution in [-0.4, -0.2) is 25.7 Å². The molecule has 0 saturated carbocycles. The van der Waals surface area contributed by atoms with Crippen molar-refractivity contribution in [2.75, 3.05) is 5.32 Å². The lowest BCUT2D eigenvalue weighted by atomic mass is 9.87. The van der Waals surface area contributed by atoms with Gasteiger partial charge in [-0.15, -0.1) is 0 Å². The summed E-state index contributed by atoms with van der Waals surface area (Å²) in [4.78, 5) is 21.6. The summed E-state index contributed by atoms with van der Waals surface area (Å²) in [5, 5.41) is 8.72. The molecule has 0 aliphatic heterocycles. The van der Waals surface area contributed by atoms with Crippen LogP contribution in [0.15, 0.2) is 54.7 Å². The number of aryl methyl sites for hydroxylation is 1. The normalized spacial score (nSPS) is 15.6. The number of anilines is 1. The molecule has 5 rings (SSSR count). The number of nitrogens with one attached hydrogen (secondary N) is 1. The van der Waals surface area contributed by atoms with Crippen molar-refractivity contribution < 1.29 is 4.79 Å². The van der Waals surface area contributed by atoms with Crippen LogP contribution in [0.1, 0.15) is 52.9 Å². The van der Waals surface area contributed by atoms with Crippen LogP contribution in [-0.2, 0) is 13.0 Å². The van der Waals surface area contributed by atoms with Gasteiger partial charge < -0.3 is 11.1 Å². The Kier molecular flexibility index (Phi) is 4.86. The molecule has 2 aromatic heterocycles. The van der Waals surface area contributed by atoms with Crippen LogP contribution in [0.25, 0.3) is 16.9 Å². The molecule has 3 N–H and O–H groups in total. The highest BCUT2D eigenvalue weighted by Gasteiger charge is 2.25. The van der Waals surface area contributed by atoms with E-state index < -0.39 is 5.91 Å². The molecular weight excluding hydrogens is 388 g/mol. The van der Waals surface area contributed by atoms with Crippen LogP contribution in [0, 0.1) is 0 Å². The molecule has 7 nitrogen and oxygen atoms in total. The minimum absolute atomic E-state index is 0.395. The van der Waals surface area contributed by atoms with Gasteiger partial charge in [-0.2, -0.15) is 14.8 Å². The third-order valence-corrected chi connectivity index (χ3v) is 5.93. The van der Waals surface area contributed by atoms with Gasteiger partial charge in [0.25, 0.3) is 5.95 Å². The van der Waals surface area contributed by atoms with Crippen LogP contribution in [0.5, 0.6) is 0 Å². The number of aromatic nitrogens is 4. The molecule has 0 radical (unpaired) electrons. The molecule has 7 heteroatoms. The SMILES string of the molecule is CC1CCCc2nc(-n3ncc4c(C(N)=O)cccc43)nc(NCc3ccccc3)c21. The summed E-state index contributed by atoms with van der Waals surface area (Å²) in [6.45, 7) is 2.92. The zero-order valence-corrected chi connectivity index (χ0v) is 17.4. The predicted octanol–water partition coefficient (Wildman–Crippen LogP) is 3.97. The quantitative estimate of drug-likeness (QED) is 0.517. The number of hydrogen-bond acceptors (Lipinski definition) is 5. The van der Waals surface area contributed by atoms with Crippen molar-refractivity contribution in [3.63, 3.8) is 0 Å². The van der Waals surface area contributed by atoms with Crippen LogP contribution in [0.4, 0.5) is 5.82 Å². The standard InChI is InChI=1S/C24H24N6O/c1-15-7-5-11-19-21(15)23(26-13-16-8-3-2-4-9-16)29-24(28-19)30-20-12-6-10-17(22(25)31)18(20)14-27-30/h2-4,6,8-10,12,14-15H,5,7,11,13H2,1H3,(H2,25,31)(H,26,28,29). The Hall–Kier alpha value is -3.74. The molecule has 1 atom stereocenters. The number of nitrogens with zero attached hydrogens (tertiary/aromatic N) is 4. The minimum Gasteiger partial charge on any atom is -0.366 e. The van der Waals surface area contributed by atoms with E-state index in [4.69, 9.17) is 15.7 Å². The Balaban J connectivity index is 1.61. The summed E-state index contributed by atoms with van der Waals surface area (Å²) in [6, 6.07) is 15.7. The maximum atomic E-state index is 11.8. The fourth-order valence-corrected chi connectivity index (χ4v) is 4.37. The molecule has 1 unspecified atom stereocenters. The van der Waals surface area contributed by atoms with E-state index in [0.717, 1.165) is 36.3 Å². The van der Waals surface area contributed by atoms with E-state index in [1.165, 1.54) is 11.1 Å². The van der Waals surface area contributed by atoms with Crippen molar-refractivity contribution in [2.24, 2.45) is 5.73 Å². The van der Waals surface area contributed by atoms with Gasteiger partial charge in [-0.05, 0) is 42.9 Å². The number of rotatable bonds is 5. The topological polar surface area (TPSA) is 98.7 Å². The van der Waals surface area contributed by atoms with Crippen molar-refractivity contribution in [2.45, 2.75) is 38.6 Å². The van der Waals surface area contributed by atoms with Gasteiger partial charge in [-0.25, -0.2) is 4.98 Å². The molecule has 156 valence electrons. The van der Waals surface area contributed by atoms with Crippen LogP contribution in [0.3, 0.4) is 0 Å². The molecule has 0 fully saturated rings. The highest BCUT2D eigenvalue weighted by Crippen LogP contribution is 2.35. The van der Waals surface area contributed by atoms with Crippen molar-refractivity contribution in [3.8, 4) is 5.95 Å². The van der Waals surface area contributed by atoms with Crippen molar-refractivity contribution in [1.29, 1.82) is 0 Å². The lowest BCUT2D eigenvalue weighted by Crippen LogP contribution is -2.18. The lowest BCUT2D eigenvalue weighted by Gasteiger charge is -2.25. The first-order chi connectivity index (χ1) is 15.1. The Labute approximate surface area is 180 Å². The van der Waals surface area contributed by atoms with Crippen LogP contribution >= 0.6 is 0 Å². The fourth-order valence-electron chi connectivity index (χ4n) is 4.37. The fraction of sp³-hybridized carbons (Fsp3) is 0.250. The van der Waals surface area contributed by atoms with E-state index >= 15 is 0 Å². The van der Waals surface area contributed by atoms with E-state index in [1.54, 1.807) is 23.0 Å². The monoisotopic (exact) mass is 412 g/mol. The van der Waals surface area contributed by atoms with Gasteiger partial charge in [0.15, 0.2) is 0 Å². The highest BCUT2D eigenvalue weighted by molar-refractivity contribution is 6.05. The number of benzene rings is 2. The minimum atomic E-state index is -0.476. The molecule has 2 aromatic carbocycles. The van der Waals surface area contributed by atoms with Gasteiger partial charge in [0, 0.05) is 17.5 Å². The van der Waals surface area contributed by atoms with E-state index in [-0.39, 0.29) is 0 Å². The smallest absolute Gasteiger partial charge is 0.253 e. The van der Waals surface area contributed by atoms with E-state index in [0.29, 0.717) is 29.4 Å². The van der Waals surface area contributed by atoms with Crippen molar-refractivity contribution >= 4 is 22.6 Å². The second-order valence-corrected chi connectivity index (χ2v) is 8.02. The third kappa shape index (κ3) is 3.52. The molecule has 0 saturated heterocycles. The Morgan fingerprint density at radius 1 is 1.16 bits per heavy atom. The van der Waals surface area contributed by atoms with Crippen LogP contribution in [0.2, 0.25) is 0 Å². The van der Waals surface area contributed by atoms with Gasteiger partial charge >= 0.3 is 0 Å². The molecule has 1 aliphatic rings. The maximum absolute atomic E-state index is 11.8. The Bertz CT molecular complexity index is 1260. The zero-order valence-electron chi connectivity index (χ0n) is 17.4. The summed E-state index contributed by atoms with van der Waals surface area (Å²) < 4.78 is 1.69. The summed E-state index contributed by atoms with van der Waals surface area (Å²) >= 11 is 0. The first-order valence-corrected chi connectivity index (χ1v) is 10.6. The van der Waals surface area contributed by atoms with Crippen LogP contribution < -0.4 is 11.1 Å². The third-order valence-electron chi connectivity index (χ3n) is 5.93. The molecule has 1 amide bonds. The molecule has 0 spiro atoms. The van der Waals surface area contributed by atoms with Gasteiger partial charge in [0.2, 0.25) is 5.91 Å². The first kappa shape index (κ1) is 19.2. The second-order valence-electron chi connectivity index (χ2n) is 8.02. The number of nitrogens with two attached hydrogens (primary N) is 1. The summed E-state index contributed by atoms with van der Waals surface area (Å²) in [5.41, 5.74) is 10.2. The molecule has 2 heterocycles. The number of primary amides is 1. The average Bonchev–Trinajstić information content (AvgIpc) is 3.22. The van der Waals surface area contributed by atoms with Crippen molar-refractivity contribution in [1.82, 2.24) is 19.7 Å². The number of amides is 1. The number of carbonyl (C=O) groups is 1. The van der Waals surface area contributed by atoms with E-state index in [1.807, 2.05) is 24.3 Å². The van der Waals surface area contributed by atoms with Gasteiger partial charge in [-0.3, -0.25) is 4.79 Å². The van der Waals surface area contributed by atoms with Gasteiger partial charge in [0.05, 0.1) is 23.0 Å². The molecule has 4 aromatic rings. The number of fused-ring (bicyclic) bond motifs is 2. The summed E-state index contributed by atoms with van der Waals surface area (Å²) in [7, 11) is 0. The van der Waals surface area contributed by atoms with E-state index in [2.05, 4.69) is 29.5 Å². The highest BCUT2D eigenvalue weighted by atomic mass is 16.1. The largest absolute Gasteiger partial charge is 0.366 e. The number of hydrogen-bond donors (Lipinski definition) is 2. The average molecular weight is 412 g/mol. The van der Waals surface area contributed by atoms with Crippen molar-refractivity contribution in [3.05, 3.63) is 77.1 Å². The summed E-state index contributed by atoms with van der Waals surface area (Å²) in [6.07, 6.45) is 4.80. The van der Waals surface area contributed by atoms with Gasteiger partial charge in [0.1, 0.15) is 5.82 Å². The molecular formula is C24H24N6O. The molecule has 0 bridgehead atoms. The Morgan fingerprint density at radius 2 is 2.00 bits per heavy atom. The molecule has 31 heavy (non-hydrogen) atoms. The van der Waals surface area contributed by atoms with E-state index in [9.17, 15) is 4.79 Å². The second kappa shape index (κ2) is 7.83. The first-order valence-electron chi connectivity index (χ1n) is 10.6. The lowest BCUT2D eigenvalue weighted by molar-refractivity contribution is 0.100. The number of carbonyl (C=O) groups excluding carboxylic acids is 1.